The molecule has 3 N–H and O–H groups in total. The second kappa shape index (κ2) is 9.72. The number of carbonyl (C=O) groups is 2. The molecule has 1 atom stereocenters. The summed E-state index contributed by atoms with van der Waals surface area (Å²) < 4.78 is 0. The molecule has 1 saturated heterocycles. The van der Waals surface area contributed by atoms with Gasteiger partial charge in [0.15, 0.2) is 0 Å². The molecule has 0 radical (unpaired) electrons. The number of nitrogens with zero attached hydrogens (tertiary/aromatic N) is 1. The van der Waals surface area contributed by atoms with Crippen LogP contribution in [0.3, 0.4) is 0 Å². The van der Waals surface area contributed by atoms with Gasteiger partial charge in [0.25, 0.3) is 0 Å². The molecule has 1 amide bonds. The molecule has 6 heteroatoms. The first-order chi connectivity index (χ1) is 9.58. The first-order valence-electron chi connectivity index (χ1n) is 7.49. The maximum atomic E-state index is 11.8. The fourth-order valence-electron chi connectivity index (χ4n) is 2.29. The molecule has 1 heterocycles. The van der Waals surface area contributed by atoms with Gasteiger partial charge in [0.05, 0.1) is 6.54 Å². The lowest BCUT2D eigenvalue weighted by Gasteiger charge is -2.19. The van der Waals surface area contributed by atoms with Crippen molar-refractivity contribution >= 4 is 11.9 Å². The van der Waals surface area contributed by atoms with E-state index in [9.17, 15) is 9.59 Å². The maximum Gasteiger partial charge on any atom is 0.303 e. The molecule has 0 aliphatic carbocycles. The molecule has 6 nitrogen and oxygen atoms in total. The average molecular weight is 285 g/mol. The molecular formula is C14H27N3O3. The number of nitrogens with one attached hydrogen (secondary N) is 2. The van der Waals surface area contributed by atoms with E-state index in [2.05, 4.69) is 15.5 Å². The quantitative estimate of drug-likeness (QED) is 0.597. The van der Waals surface area contributed by atoms with Crippen LogP contribution in [-0.2, 0) is 9.59 Å². The smallest absolute Gasteiger partial charge is 0.303 e. The van der Waals surface area contributed by atoms with Crippen LogP contribution in [0.1, 0.15) is 32.6 Å². The van der Waals surface area contributed by atoms with E-state index >= 15 is 0 Å². The highest BCUT2D eigenvalue weighted by molar-refractivity contribution is 5.77. The first kappa shape index (κ1) is 16.9. The minimum Gasteiger partial charge on any atom is -0.481 e. The first-order valence-corrected chi connectivity index (χ1v) is 7.49. The Morgan fingerprint density at radius 1 is 1.30 bits per heavy atom. The Morgan fingerprint density at radius 3 is 2.85 bits per heavy atom. The zero-order chi connectivity index (χ0) is 14.8. The van der Waals surface area contributed by atoms with Crippen LogP contribution < -0.4 is 10.6 Å². The van der Waals surface area contributed by atoms with Crippen LogP contribution in [0.5, 0.6) is 0 Å². The summed E-state index contributed by atoms with van der Waals surface area (Å²) in [6, 6.07) is 0. The SMILES string of the molecule is CC(CCNC(=O)CN1CCCNCC1)CCC(=O)O. The van der Waals surface area contributed by atoms with Crippen LogP contribution in [0.25, 0.3) is 0 Å². The molecule has 1 unspecified atom stereocenters. The average Bonchev–Trinajstić information content (AvgIpc) is 2.65. The van der Waals surface area contributed by atoms with E-state index in [1.54, 1.807) is 0 Å². The molecule has 0 aromatic heterocycles. The van der Waals surface area contributed by atoms with Crippen LogP contribution in [0, 0.1) is 5.92 Å². The second-order valence-electron chi connectivity index (χ2n) is 5.56. The number of aliphatic carboxylic acids is 1. The Morgan fingerprint density at radius 2 is 2.10 bits per heavy atom. The Kier molecular flexibility index (Phi) is 8.22. The number of hydrogen-bond donors (Lipinski definition) is 3. The molecule has 20 heavy (non-hydrogen) atoms. The van der Waals surface area contributed by atoms with Crippen molar-refractivity contribution in [2.75, 3.05) is 39.3 Å². The standard InChI is InChI=1S/C14H27N3O3/c1-12(3-4-14(19)20)5-7-16-13(18)11-17-9-2-6-15-8-10-17/h12,15H,2-11H2,1H3,(H,16,18)(H,19,20). The van der Waals surface area contributed by atoms with Gasteiger partial charge in [-0.05, 0) is 38.3 Å². The Balaban J connectivity index is 2.08. The number of carbonyl (C=O) groups excluding carboxylic acids is 1. The fourth-order valence-corrected chi connectivity index (χ4v) is 2.29. The highest BCUT2D eigenvalue weighted by Crippen LogP contribution is 2.09. The summed E-state index contributed by atoms with van der Waals surface area (Å²) in [7, 11) is 0. The zero-order valence-corrected chi connectivity index (χ0v) is 12.4. The van der Waals surface area contributed by atoms with Crippen LogP contribution in [0.15, 0.2) is 0 Å². The molecule has 0 bridgehead atoms. The van der Waals surface area contributed by atoms with Crippen molar-refractivity contribution in [3.05, 3.63) is 0 Å². The number of carboxylic acid groups (broad SMARTS) is 1. The molecule has 0 spiro atoms. The normalized spacial score (nSPS) is 18.2. The maximum absolute atomic E-state index is 11.8. The van der Waals surface area contributed by atoms with Crippen molar-refractivity contribution in [3.63, 3.8) is 0 Å². The highest BCUT2D eigenvalue weighted by Gasteiger charge is 2.12. The Bertz CT molecular complexity index is 302. The van der Waals surface area contributed by atoms with Gasteiger partial charge in [0.1, 0.15) is 0 Å². The summed E-state index contributed by atoms with van der Waals surface area (Å²) in [6.07, 6.45) is 2.79. The summed E-state index contributed by atoms with van der Waals surface area (Å²) in [5.41, 5.74) is 0. The van der Waals surface area contributed by atoms with Crippen LogP contribution in [0.2, 0.25) is 0 Å². The van der Waals surface area contributed by atoms with Gasteiger partial charge in [-0.3, -0.25) is 14.5 Å². The molecule has 1 aliphatic heterocycles. The Labute approximate surface area is 120 Å². The van der Waals surface area contributed by atoms with Crippen molar-refractivity contribution in [3.8, 4) is 0 Å². The van der Waals surface area contributed by atoms with Gasteiger partial charge in [0, 0.05) is 26.1 Å². The van der Waals surface area contributed by atoms with E-state index in [0.717, 1.165) is 39.0 Å². The topological polar surface area (TPSA) is 81.7 Å². The van der Waals surface area contributed by atoms with E-state index in [1.165, 1.54) is 0 Å². The van der Waals surface area contributed by atoms with Crippen LogP contribution in [-0.4, -0.2) is 61.2 Å². The third kappa shape index (κ3) is 8.12. The monoisotopic (exact) mass is 285 g/mol. The molecular weight excluding hydrogens is 258 g/mol. The lowest BCUT2D eigenvalue weighted by atomic mass is 10.0. The van der Waals surface area contributed by atoms with Crippen LogP contribution in [0.4, 0.5) is 0 Å². The molecule has 116 valence electrons. The summed E-state index contributed by atoms with van der Waals surface area (Å²) in [6.45, 7) is 6.98. The van der Waals surface area contributed by atoms with Crippen molar-refractivity contribution in [1.82, 2.24) is 15.5 Å². The second-order valence-corrected chi connectivity index (χ2v) is 5.56. The van der Waals surface area contributed by atoms with Gasteiger partial charge < -0.3 is 15.7 Å². The van der Waals surface area contributed by atoms with Crippen molar-refractivity contribution < 1.29 is 14.7 Å². The Hall–Kier alpha value is -1.14. The fraction of sp³-hybridized carbons (Fsp3) is 0.857. The van der Waals surface area contributed by atoms with E-state index in [0.29, 0.717) is 25.4 Å². The number of amides is 1. The van der Waals surface area contributed by atoms with E-state index in [1.807, 2.05) is 6.92 Å². The van der Waals surface area contributed by atoms with E-state index in [-0.39, 0.29) is 12.3 Å². The highest BCUT2D eigenvalue weighted by atomic mass is 16.4. The van der Waals surface area contributed by atoms with Crippen molar-refractivity contribution in [2.45, 2.75) is 32.6 Å². The van der Waals surface area contributed by atoms with Crippen molar-refractivity contribution in [1.29, 1.82) is 0 Å². The van der Waals surface area contributed by atoms with Crippen molar-refractivity contribution in [2.24, 2.45) is 5.92 Å². The minimum absolute atomic E-state index is 0.0670. The predicted octanol–water partition coefficient (Wildman–Crippen LogP) is 0.289. The summed E-state index contributed by atoms with van der Waals surface area (Å²) >= 11 is 0. The van der Waals surface area contributed by atoms with Gasteiger partial charge in [-0.25, -0.2) is 0 Å². The zero-order valence-electron chi connectivity index (χ0n) is 12.4. The molecule has 1 aliphatic rings. The molecule has 1 rings (SSSR count). The van der Waals surface area contributed by atoms with Gasteiger partial charge in [-0.1, -0.05) is 6.92 Å². The van der Waals surface area contributed by atoms with Gasteiger partial charge in [-0.2, -0.15) is 0 Å². The molecule has 0 aromatic carbocycles. The van der Waals surface area contributed by atoms with Gasteiger partial charge in [-0.15, -0.1) is 0 Å². The summed E-state index contributed by atoms with van der Waals surface area (Å²) in [5.74, 6) is -0.359. The lowest BCUT2D eigenvalue weighted by Crippen LogP contribution is -2.39. The largest absolute Gasteiger partial charge is 0.481 e. The third-order valence-electron chi connectivity index (χ3n) is 3.61. The van der Waals surface area contributed by atoms with Crippen LogP contribution >= 0.6 is 0 Å². The van der Waals surface area contributed by atoms with Gasteiger partial charge >= 0.3 is 5.97 Å². The summed E-state index contributed by atoms with van der Waals surface area (Å²) in [5, 5.41) is 14.8. The molecule has 0 saturated carbocycles. The van der Waals surface area contributed by atoms with E-state index < -0.39 is 5.97 Å². The summed E-state index contributed by atoms with van der Waals surface area (Å²) in [4.78, 5) is 24.4. The number of rotatable bonds is 8. The molecule has 0 aromatic rings. The number of carboxylic acids is 1. The van der Waals surface area contributed by atoms with E-state index in [4.69, 9.17) is 5.11 Å². The number of hydrogen-bond acceptors (Lipinski definition) is 4. The third-order valence-corrected chi connectivity index (χ3v) is 3.61. The molecule has 1 fully saturated rings. The predicted molar refractivity (Wildman–Crippen MR) is 77.6 cm³/mol. The lowest BCUT2D eigenvalue weighted by molar-refractivity contribution is -0.137. The minimum atomic E-state index is -0.754. The van der Waals surface area contributed by atoms with Gasteiger partial charge in [0.2, 0.25) is 5.91 Å².